The molecule has 1 N–H and O–H groups in total. The minimum Gasteiger partial charge on any atom is -0.481 e. The van der Waals surface area contributed by atoms with Crippen LogP contribution in [0.1, 0.15) is 12.0 Å². The molecule has 1 aromatic carbocycles. The first-order valence-electron chi connectivity index (χ1n) is 5.01. The molecule has 1 rings (SSSR count). The molecule has 0 atom stereocenters. The van der Waals surface area contributed by atoms with Gasteiger partial charge in [0, 0.05) is 19.3 Å². The number of carboxylic acid groups (broad SMARTS) is 1. The molecule has 100 valence electrons. The molecule has 3 nitrogen and oxygen atoms in total. The van der Waals surface area contributed by atoms with E-state index in [2.05, 4.69) is 0 Å². The van der Waals surface area contributed by atoms with E-state index in [1.165, 1.54) is 18.0 Å². The summed E-state index contributed by atoms with van der Waals surface area (Å²) in [6.07, 6.45) is -4.68. The summed E-state index contributed by atoms with van der Waals surface area (Å²) in [5.41, 5.74) is -0.656. The van der Waals surface area contributed by atoms with Gasteiger partial charge < -0.3 is 10.0 Å². The average Bonchev–Trinajstić information content (AvgIpc) is 2.24. The Bertz CT molecular complexity index is 448. The molecule has 0 aliphatic heterocycles. The molecule has 18 heavy (non-hydrogen) atoms. The van der Waals surface area contributed by atoms with Gasteiger partial charge in [-0.15, -0.1) is 0 Å². The number of alkyl halides is 3. The number of halogens is 4. The first kappa shape index (κ1) is 14.6. The van der Waals surface area contributed by atoms with E-state index in [4.69, 9.17) is 16.7 Å². The van der Waals surface area contributed by atoms with Gasteiger partial charge in [0.25, 0.3) is 0 Å². The number of benzene rings is 1. The number of carboxylic acids is 1. The second kappa shape index (κ2) is 5.48. The van der Waals surface area contributed by atoms with Gasteiger partial charge in [-0.1, -0.05) is 11.6 Å². The van der Waals surface area contributed by atoms with E-state index in [1.54, 1.807) is 0 Å². The molecular formula is C11H11ClF3NO2. The van der Waals surface area contributed by atoms with Crippen LogP contribution < -0.4 is 4.90 Å². The largest absolute Gasteiger partial charge is 0.481 e. The van der Waals surface area contributed by atoms with Gasteiger partial charge in [-0.3, -0.25) is 4.79 Å². The molecule has 0 amide bonds. The van der Waals surface area contributed by atoms with Gasteiger partial charge in [0.1, 0.15) is 0 Å². The molecule has 7 heteroatoms. The first-order chi connectivity index (χ1) is 8.21. The molecule has 0 spiro atoms. The third-order valence-corrected chi connectivity index (χ3v) is 2.69. The Kier molecular flexibility index (Phi) is 4.45. The maximum Gasteiger partial charge on any atom is 0.417 e. The van der Waals surface area contributed by atoms with Crippen molar-refractivity contribution in [2.24, 2.45) is 0 Å². The van der Waals surface area contributed by atoms with Crippen LogP contribution in [0, 0.1) is 0 Å². The maximum absolute atomic E-state index is 12.6. The van der Waals surface area contributed by atoms with Gasteiger partial charge in [-0.25, -0.2) is 0 Å². The van der Waals surface area contributed by atoms with Gasteiger partial charge in [0.15, 0.2) is 0 Å². The number of carbonyl (C=O) groups is 1. The second-order valence-corrected chi connectivity index (χ2v) is 4.13. The van der Waals surface area contributed by atoms with Crippen molar-refractivity contribution in [3.63, 3.8) is 0 Å². The third kappa shape index (κ3) is 3.80. The van der Waals surface area contributed by atoms with E-state index in [0.29, 0.717) is 0 Å². The summed E-state index contributed by atoms with van der Waals surface area (Å²) >= 11 is 5.48. The van der Waals surface area contributed by atoms with E-state index in [0.717, 1.165) is 12.1 Å². The Morgan fingerprint density at radius 2 is 2.06 bits per heavy atom. The lowest BCUT2D eigenvalue weighted by Crippen LogP contribution is -2.21. The molecule has 0 aliphatic rings. The van der Waals surface area contributed by atoms with Gasteiger partial charge in [0.05, 0.1) is 17.0 Å². The third-order valence-electron chi connectivity index (χ3n) is 2.36. The predicted octanol–water partition coefficient (Wildman–Crippen LogP) is 3.27. The van der Waals surface area contributed by atoms with Crippen molar-refractivity contribution >= 4 is 23.3 Å². The molecule has 0 radical (unpaired) electrons. The first-order valence-corrected chi connectivity index (χ1v) is 5.39. The molecule has 0 aliphatic carbocycles. The minimum absolute atomic E-state index is 0.119. The lowest BCUT2D eigenvalue weighted by Gasteiger charge is -2.20. The van der Waals surface area contributed by atoms with E-state index >= 15 is 0 Å². The van der Waals surface area contributed by atoms with E-state index in [9.17, 15) is 18.0 Å². The van der Waals surface area contributed by atoms with Gasteiger partial charge in [0.2, 0.25) is 0 Å². The van der Waals surface area contributed by atoms with Crippen molar-refractivity contribution in [1.82, 2.24) is 0 Å². The number of hydrogen-bond acceptors (Lipinski definition) is 2. The number of nitrogens with zero attached hydrogens (tertiary/aromatic N) is 1. The second-order valence-electron chi connectivity index (χ2n) is 3.73. The van der Waals surface area contributed by atoms with Crippen LogP contribution in [-0.2, 0) is 11.0 Å². The lowest BCUT2D eigenvalue weighted by atomic mass is 10.1. The van der Waals surface area contributed by atoms with Crippen molar-refractivity contribution in [2.75, 3.05) is 18.5 Å². The monoisotopic (exact) mass is 281 g/mol. The standard InChI is InChI=1S/C11H11ClF3NO2/c1-16(5-4-10(17)18)7-2-3-9(12)8(6-7)11(13,14)15/h2-3,6H,4-5H2,1H3,(H,17,18). The molecule has 0 saturated heterocycles. The highest BCUT2D eigenvalue weighted by molar-refractivity contribution is 6.31. The van der Waals surface area contributed by atoms with Crippen LogP contribution in [0.2, 0.25) is 5.02 Å². The molecule has 0 heterocycles. The van der Waals surface area contributed by atoms with Crippen LogP contribution in [0.3, 0.4) is 0 Å². The zero-order valence-electron chi connectivity index (χ0n) is 9.46. The van der Waals surface area contributed by atoms with Crippen molar-refractivity contribution in [2.45, 2.75) is 12.6 Å². The summed E-state index contributed by atoms with van der Waals surface area (Å²) in [4.78, 5) is 11.8. The molecule has 0 saturated carbocycles. The Morgan fingerprint density at radius 1 is 1.44 bits per heavy atom. The van der Waals surface area contributed by atoms with Crippen LogP contribution in [0.15, 0.2) is 18.2 Å². The molecule has 0 aromatic heterocycles. The van der Waals surface area contributed by atoms with Crippen molar-refractivity contribution in [3.05, 3.63) is 28.8 Å². The topological polar surface area (TPSA) is 40.5 Å². The van der Waals surface area contributed by atoms with Crippen LogP contribution >= 0.6 is 11.6 Å². The fourth-order valence-electron chi connectivity index (χ4n) is 1.36. The quantitative estimate of drug-likeness (QED) is 0.921. The highest BCUT2D eigenvalue weighted by Crippen LogP contribution is 2.36. The summed E-state index contributed by atoms with van der Waals surface area (Å²) in [7, 11) is 1.52. The summed E-state index contributed by atoms with van der Waals surface area (Å²) in [6.45, 7) is 0.119. The van der Waals surface area contributed by atoms with Crippen LogP contribution in [0.5, 0.6) is 0 Å². The van der Waals surface area contributed by atoms with Crippen LogP contribution in [0.25, 0.3) is 0 Å². The van der Waals surface area contributed by atoms with E-state index in [-0.39, 0.29) is 23.7 Å². The molecular weight excluding hydrogens is 271 g/mol. The van der Waals surface area contributed by atoms with Crippen LogP contribution in [-0.4, -0.2) is 24.7 Å². The van der Waals surface area contributed by atoms with Gasteiger partial charge >= 0.3 is 12.1 Å². The maximum atomic E-state index is 12.6. The summed E-state index contributed by atoms with van der Waals surface area (Å²) in [5, 5.41) is 8.13. The summed E-state index contributed by atoms with van der Waals surface area (Å²) in [6, 6.07) is 3.47. The zero-order chi connectivity index (χ0) is 13.9. The predicted molar refractivity (Wildman–Crippen MR) is 62.0 cm³/mol. The highest BCUT2D eigenvalue weighted by atomic mass is 35.5. The number of hydrogen-bond donors (Lipinski definition) is 1. The highest BCUT2D eigenvalue weighted by Gasteiger charge is 2.33. The Balaban J connectivity index is 2.94. The van der Waals surface area contributed by atoms with E-state index in [1.807, 2.05) is 0 Å². The summed E-state index contributed by atoms with van der Waals surface area (Å²) in [5.74, 6) is -1.01. The smallest absolute Gasteiger partial charge is 0.417 e. The van der Waals surface area contributed by atoms with Gasteiger partial charge in [-0.2, -0.15) is 13.2 Å². The fraction of sp³-hybridized carbons (Fsp3) is 0.364. The van der Waals surface area contributed by atoms with E-state index < -0.39 is 17.7 Å². The van der Waals surface area contributed by atoms with Gasteiger partial charge in [-0.05, 0) is 18.2 Å². The molecule has 1 aromatic rings. The van der Waals surface area contributed by atoms with Crippen molar-refractivity contribution in [3.8, 4) is 0 Å². The SMILES string of the molecule is CN(CCC(=O)O)c1ccc(Cl)c(C(F)(F)F)c1. The summed E-state index contributed by atoms with van der Waals surface area (Å²) < 4.78 is 37.8. The normalized spacial score (nSPS) is 11.4. The van der Waals surface area contributed by atoms with Crippen molar-refractivity contribution in [1.29, 1.82) is 0 Å². The number of aliphatic carboxylic acids is 1. The Labute approximate surface area is 107 Å². The zero-order valence-corrected chi connectivity index (χ0v) is 10.2. The minimum atomic E-state index is -4.53. The lowest BCUT2D eigenvalue weighted by molar-refractivity contribution is -0.138. The van der Waals surface area contributed by atoms with Crippen LogP contribution in [0.4, 0.5) is 18.9 Å². The fourth-order valence-corrected chi connectivity index (χ4v) is 1.59. The molecule has 0 unspecified atom stereocenters. The number of rotatable bonds is 4. The van der Waals surface area contributed by atoms with Crippen molar-refractivity contribution < 1.29 is 23.1 Å². The average molecular weight is 282 g/mol. The molecule has 0 bridgehead atoms. The number of anilines is 1. The Hall–Kier alpha value is -1.43. The Morgan fingerprint density at radius 3 is 2.56 bits per heavy atom. The molecule has 0 fully saturated rings.